The molecule has 0 radical (unpaired) electrons. The number of anilines is 3. The molecule has 0 N–H and O–H groups in total. The first-order chi connectivity index (χ1) is 28.8. The smallest absolute Gasteiger partial charge is 0.145 e. The van der Waals surface area contributed by atoms with Gasteiger partial charge in [-0.2, -0.15) is 0 Å². The molecular weight excluding hydrogens is 703 g/mol. The maximum absolute atomic E-state index is 6.96. The lowest BCUT2D eigenvalue weighted by atomic mass is 9.92. The van der Waals surface area contributed by atoms with Crippen LogP contribution in [0.15, 0.2) is 229 Å². The largest absolute Gasteiger partial charge is 0.455 e. The van der Waals surface area contributed by atoms with Gasteiger partial charge in [-0.1, -0.05) is 188 Å². The van der Waals surface area contributed by atoms with E-state index in [0.29, 0.717) is 0 Å². The predicted octanol–water partition coefficient (Wildman–Crippen LogP) is 16.0. The van der Waals surface area contributed by atoms with Crippen LogP contribution in [0.2, 0.25) is 0 Å². The molecule has 0 aliphatic carbocycles. The molecule has 0 bridgehead atoms. The summed E-state index contributed by atoms with van der Waals surface area (Å²) in [5.74, 6) is 0. The molecule has 0 saturated carbocycles. The van der Waals surface area contributed by atoms with Crippen molar-refractivity contribution in [2.45, 2.75) is 0 Å². The number of hydrogen-bond acceptors (Lipinski definition) is 2. The lowest BCUT2D eigenvalue weighted by Gasteiger charge is -2.30. The summed E-state index contributed by atoms with van der Waals surface area (Å²) >= 11 is 0. The van der Waals surface area contributed by atoms with Gasteiger partial charge in [-0.3, -0.25) is 0 Å². The minimum atomic E-state index is 0.860. The molecular formula is C56H37NO. The van der Waals surface area contributed by atoms with Crippen molar-refractivity contribution in [2.24, 2.45) is 0 Å². The molecule has 10 aromatic carbocycles. The van der Waals surface area contributed by atoms with Crippen LogP contribution in [0.3, 0.4) is 0 Å². The molecule has 0 unspecified atom stereocenters. The number of rotatable bonds is 7. The van der Waals surface area contributed by atoms with Crippen molar-refractivity contribution in [1.29, 1.82) is 0 Å². The Hall–Kier alpha value is -7.68. The first-order valence-electron chi connectivity index (χ1n) is 19.8. The Balaban J connectivity index is 1.22. The second-order valence-corrected chi connectivity index (χ2v) is 14.8. The molecule has 1 aromatic heterocycles. The van der Waals surface area contributed by atoms with Gasteiger partial charge in [0.2, 0.25) is 0 Å². The van der Waals surface area contributed by atoms with Gasteiger partial charge in [0.05, 0.1) is 16.8 Å². The molecule has 0 atom stereocenters. The summed E-state index contributed by atoms with van der Waals surface area (Å²) in [7, 11) is 0. The van der Waals surface area contributed by atoms with Crippen LogP contribution in [-0.4, -0.2) is 0 Å². The molecule has 0 aliphatic rings. The van der Waals surface area contributed by atoms with Crippen LogP contribution >= 0.6 is 0 Å². The normalized spacial score (nSPS) is 11.4. The van der Waals surface area contributed by atoms with Crippen molar-refractivity contribution < 1.29 is 4.42 Å². The minimum Gasteiger partial charge on any atom is -0.455 e. The molecule has 2 heteroatoms. The fourth-order valence-electron chi connectivity index (χ4n) is 8.85. The third kappa shape index (κ3) is 5.66. The molecule has 11 rings (SSSR count). The molecule has 272 valence electrons. The van der Waals surface area contributed by atoms with E-state index < -0.39 is 0 Å². The van der Waals surface area contributed by atoms with Gasteiger partial charge < -0.3 is 9.32 Å². The van der Waals surface area contributed by atoms with Gasteiger partial charge in [-0.05, 0) is 91.3 Å². The minimum absolute atomic E-state index is 0.860. The van der Waals surface area contributed by atoms with Crippen molar-refractivity contribution >= 4 is 60.5 Å². The van der Waals surface area contributed by atoms with E-state index in [0.717, 1.165) is 61.3 Å². The average molecular weight is 740 g/mol. The van der Waals surface area contributed by atoms with Crippen molar-refractivity contribution in [3.8, 4) is 44.5 Å². The van der Waals surface area contributed by atoms with E-state index in [4.69, 9.17) is 4.42 Å². The van der Waals surface area contributed by atoms with Crippen molar-refractivity contribution in [1.82, 2.24) is 0 Å². The number of para-hydroxylation sites is 2. The second kappa shape index (κ2) is 14.1. The van der Waals surface area contributed by atoms with E-state index in [1.807, 2.05) is 0 Å². The molecule has 0 saturated heterocycles. The molecule has 0 spiro atoms. The van der Waals surface area contributed by atoms with Crippen LogP contribution in [-0.2, 0) is 0 Å². The number of nitrogens with zero attached hydrogens (tertiary/aromatic N) is 1. The summed E-state index contributed by atoms with van der Waals surface area (Å²) in [6, 6.07) is 80.6. The maximum atomic E-state index is 6.96. The second-order valence-electron chi connectivity index (χ2n) is 14.8. The van der Waals surface area contributed by atoms with Crippen LogP contribution < -0.4 is 4.90 Å². The standard InChI is InChI=1S/C56H37NO/c1-2-17-38(18-3-1)44-27-8-9-28-47(44)49-29-10-12-33-52(49)57(42-24-14-23-41(37-42)46-31-15-21-39-19-4-6-25-43(39)46)53-36-35-50(48-32-16-22-40-20-5-7-26-45(40)48)56-55(53)51-30-11-13-34-54(51)58-56/h1-37H. The average Bonchev–Trinajstić information content (AvgIpc) is 3.70. The molecule has 2 nitrogen and oxygen atoms in total. The summed E-state index contributed by atoms with van der Waals surface area (Å²) in [4.78, 5) is 2.45. The fourth-order valence-corrected chi connectivity index (χ4v) is 8.85. The Morgan fingerprint density at radius 3 is 1.66 bits per heavy atom. The molecule has 0 amide bonds. The van der Waals surface area contributed by atoms with Crippen LogP contribution in [0.1, 0.15) is 0 Å². The summed E-state index contributed by atoms with van der Waals surface area (Å²) < 4.78 is 6.96. The Bertz CT molecular complexity index is 3290. The first-order valence-corrected chi connectivity index (χ1v) is 19.8. The highest BCUT2D eigenvalue weighted by molar-refractivity contribution is 6.19. The van der Waals surface area contributed by atoms with Crippen LogP contribution in [0, 0.1) is 0 Å². The van der Waals surface area contributed by atoms with E-state index in [-0.39, 0.29) is 0 Å². The summed E-state index contributed by atoms with van der Waals surface area (Å²) in [6.07, 6.45) is 0. The highest BCUT2D eigenvalue weighted by Gasteiger charge is 2.25. The Labute approximate surface area is 337 Å². The Morgan fingerprint density at radius 1 is 0.310 bits per heavy atom. The number of hydrogen-bond donors (Lipinski definition) is 0. The van der Waals surface area contributed by atoms with Gasteiger partial charge in [0.1, 0.15) is 11.2 Å². The lowest BCUT2D eigenvalue weighted by molar-refractivity contribution is 0.670. The predicted molar refractivity (Wildman–Crippen MR) is 245 cm³/mol. The molecule has 58 heavy (non-hydrogen) atoms. The van der Waals surface area contributed by atoms with Gasteiger partial charge >= 0.3 is 0 Å². The number of benzene rings is 10. The van der Waals surface area contributed by atoms with Crippen LogP contribution in [0.4, 0.5) is 17.1 Å². The van der Waals surface area contributed by atoms with E-state index in [1.165, 1.54) is 43.8 Å². The molecule has 1 heterocycles. The van der Waals surface area contributed by atoms with E-state index in [2.05, 4.69) is 229 Å². The van der Waals surface area contributed by atoms with Gasteiger partial charge in [-0.15, -0.1) is 0 Å². The summed E-state index contributed by atoms with van der Waals surface area (Å²) in [6.45, 7) is 0. The zero-order chi connectivity index (χ0) is 38.4. The van der Waals surface area contributed by atoms with Crippen molar-refractivity contribution in [3.63, 3.8) is 0 Å². The van der Waals surface area contributed by atoms with Gasteiger partial charge in [0.25, 0.3) is 0 Å². The van der Waals surface area contributed by atoms with E-state index in [9.17, 15) is 0 Å². The van der Waals surface area contributed by atoms with Crippen LogP contribution in [0.25, 0.3) is 88.0 Å². The Kier molecular flexibility index (Phi) is 8.19. The molecule has 11 aromatic rings. The maximum Gasteiger partial charge on any atom is 0.145 e. The topological polar surface area (TPSA) is 16.4 Å². The highest BCUT2D eigenvalue weighted by Crippen LogP contribution is 2.50. The number of furan rings is 1. The van der Waals surface area contributed by atoms with Gasteiger partial charge in [0.15, 0.2) is 0 Å². The summed E-state index contributed by atoms with van der Waals surface area (Å²) in [5.41, 5.74) is 14.1. The van der Waals surface area contributed by atoms with E-state index in [1.54, 1.807) is 0 Å². The quantitative estimate of drug-likeness (QED) is 0.162. The third-order valence-corrected chi connectivity index (χ3v) is 11.5. The van der Waals surface area contributed by atoms with Crippen molar-refractivity contribution in [2.75, 3.05) is 4.90 Å². The SMILES string of the molecule is c1ccc(-c2ccccc2-c2ccccc2N(c2cccc(-c3cccc4ccccc34)c2)c2ccc(-c3cccc4ccccc34)c3oc4ccccc4c23)cc1. The highest BCUT2D eigenvalue weighted by atomic mass is 16.3. The number of fused-ring (bicyclic) bond motifs is 5. The van der Waals surface area contributed by atoms with E-state index >= 15 is 0 Å². The third-order valence-electron chi connectivity index (χ3n) is 11.5. The fraction of sp³-hybridized carbons (Fsp3) is 0. The molecule has 0 aliphatic heterocycles. The lowest BCUT2D eigenvalue weighted by Crippen LogP contribution is -2.12. The summed E-state index contributed by atoms with van der Waals surface area (Å²) in [5, 5.41) is 7.00. The van der Waals surface area contributed by atoms with Crippen molar-refractivity contribution in [3.05, 3.63) is 224 Å². The first kappa shape index (κ1) is 33.6. The monoisotopic (exact) mass is 739 g/mol. The zero-order valence-corrected chi connectivity index (χ0v) is 31.7. The zero-order valence-electron chi connectivity index (χ0n) is 31.7. The molecule has 0 fully saturated rings. The van der Waals surface area contributed by atoms with Gasteiger partial charge in [-0.25, -0.2) is 0 Å². The Morgan fingerprint density at radius 2 is 0.862 bits per heavy atom. The van der Waals surface area contributed by atoms with Gasteiger partial charge in [0, 0.05) is 22.2 Å². The van der Waals surface area contributed by atoms with Crippen LogP contribution in [0.5, 0.6) is 0 Å².